The lowest BCUT2D eigenvalue weighted by atomic mass is 9.84. The number of anilines is 1. The quantitative estimate of drug-likeness (QED) is 0.298. The van der Waals surface area contributed by atoms with E-state index in [0.717, 1.165) is 58.3 Å². The van der Waals surface area contributed by atoms with Crippen LogP contribution in [0.15, 0.2) is 46.9 Å². The van der Waals surface area contributed by atoms with Gasteiger partial charge in [-0.2, -0.15) is 0 Å². The van der Waals surface area contributed by atoms with Crippen LogP contribution in [-0.2, 0) is 4.79 Å². The minimum atomic E-state index is -0.877. The molecular formula is C29H33BrClN3O3. The van der Waals surface area contributed by atoms with Crippen LogP contribution < -0.4 is 10.2 Å². The van der Waals surface area contributed by atoms with Crippen LogP contribution in [-0.4, -0.2) is 41.6 Å². The average Bonchev–Trinajstić information content (AvgIpc) is 2.83. The Hall–Kier alpha value is -2.64. The number of fused-ring (bicyclic) bond motifs is 1. The first kappa shape index (κ1) is 27.4. The molecule has 1 aromatic heterocycles. The molecule has 2 N–H and O–H groups in total. The Morgan fingerprint density at radius 1 is 1.24 bits per heavy atom. The lowest BCUT2D eigenvalue weighted by molar-refractivity contribution is -0.137. The maximum Gasteiger partial charge on any atom is 0.303 e. The van der Waals surface area contributed by atoms with Crippen molar-refractivity contribution in [3.63, 3.8) is 0 Å². The molecule has 37 heavy (non-hydrogen) atoms. The predicted molar refractivity (Wildman–Crippen MR) is 153 cm³/mol. The highest BCUT2D eigenvalue weighted by molar-refractivity contribution is 9.10. The van der Waals surface area contributed by atoms with Crippen LogP contribution in [0.25, 0.3) is 10.9 Å². The molecule has 0 aliphatic carbocycles. The van der Waals surface area contributed by atoms with Crippen molar-refractivity contribution >= 4 is 56.1 Å². The zero-order valence-corrected chi connectivity index (χ0v) is 23.8. The summed E-state index contributed by atoms with van der Waals surface area (Å²) in [7, 11) is 0. The van der Waals surface area contributed by atoms with E-state index in [0.29, 0.717) is 17.0 Å². The van der Waals surface area contributed by atoms with Crippen LogP contribution in [0.5, 0.6) is 0 Å². The molecule has 0 saturated carbocycles. The molecular weight excluding hydrogens is 554 g/mol. The van der Waals surface area contributed by atoms with Crippen LogP contribution in [0.1, 0.15) is 66.9 Å². The van der Waals surface area contributed by atoms with Gasteiger partial charge in [-0.1, -0.05) is 59.6 Å². The molecule has 0 spiro atoms. The average molecular weight is 587 g/mol. The first-order valence-electron chi connectivity index (χ1n) is 12.6. The fourth-order valence-corrected chi connectivity index (χ4v) is 5.95. The van der Waals surface area contributed by atoms with Gasteiger partial charge < -0.3 is 15.3 Å². The zero-order chi connectivity index (χ0) is 26.7. The molecule has 196 valence electrons. The Morgan fingerprint density at radius 3 is 2.70 bits per heavy atom. The monoisotopic (exact) mass is 585 g/mol. The van der Waals surface area contributed by atoms with Gasteiger partial charge in [-0.05, 0) is 61.4 Å². The summed E-state index contributed by atoms with van der Waals surface area (Å²) in [5, 5.41) is 13.7. The minimum Gasteiger partial charge on any atom is -0.481 e. The fourth-order valence-electron chi connectivity index (χ4n) is 5.30. The van der Waals surface area contributed by atoms with Gasteiger partial charge in [0.1, 0.15) is 5.82 Å². The number of hydrogen-bond acceptors (Lipinski definition) is 4. The zero-order valence-electron chi connectivity index (χ0n) is 21.5. The predicted octanol–water partition coefficient (Wildman–Crippen LogP) is 6.96. The van der Waals surface area contributed by atoms with Crippen molar-refractivity contribution in [1.29, 1.82) is 0 Å². The molecule has 2 aromatic carbocycles. The van der Waals surface area contributed by atoms with Crippen molar-refractivity contribution < 1.29 is 14.7 Å². The highest BCUT2D eigenvalue weighted by atomic mass is 79.9. The number of pyridine rings is 1. The van der Waals surface area contributed by atoms with E-state index in [4.69, 9.17) is 16.6 Å². The summed E-state index contributed by atoms with van der Waals surface area (Å²) >= 11 is 9.98. The van der Waals surface area contributed by atoms with Crippen molar-refractivity contribution in [1.82, 2.24) is 10.3 Å². The number of rotatable bonds is 8. The topological polar surface area (TPSA) is 82.5 Å². The van der Waals surface area contributed by atoms with E-state index in [9.17, 15) is 14.7 Å². The van der Waals surface area contributed by atoms with Gasteiger partial charge in [0.25, 0.3) is 5.91 Å². The van der Waals surface area contributed by atoms with Gasteiger partial charge in [-0.3, -0.25) is 9.59 Å². The summed E-state index contributed by atoms with van der Waals surface area (Å²) < 4.78 is 0.873. The fraction of sp³-hybridized carbons (Fsp3) is 0.414. The van der Waals surface area contributed by atoms with E-state index in [-0.39, 0.29) is 30.2 Å². The standard InChI is InChI=1S/C29H33BrClN3O3/c1-18-26(28(37)32-16-19(9-12-25(35)36)21-7-4-5-8-23(21)31)22-15-20(30)10-11-24(22)33-27(18)34-14-6-13-29(2,3)17-34/h4-5,7-8,10-11,15,19H,6,9,12-14,16-17H2,1-3H3,(H,32,37)(H,35,36)/t19-/m1/s1. The number of halogens is 2. The van der Waals surface area contributed by atoms with Crippen LogP contribution >= 0.6 is 27.5 Å². The Labute approximate surface area is 231 Å². The molecule has 0 bridgehead atoms. The SMILES string of the molecule is Cc1c(N2CCCC(C)(C)C2)nc2ccc(Br)cc2c1C(=O)NC[C@@H](CCC(=O)O)c1ccccc1Cl. The van der Waals surface area contributed by atoms with Crippen molar-refractivity contribution in [3.05, 3.63) is 68.7 Å². The van der Waals surface area contributed by atoms with Gasteiger partial charge in [-0.15, -0.1) is 0 Å². The normalized spacial score (nSPS) is 16.0. The second kappa shape index (κ2) is 11.4. The molecule has 1 aliphatic heterocycles. The number of carboxylic acid groups (broad SMARTS) is 1. The molecule has 1 aliphatic rings. The maximum absolute atomic E-state index is 13.8. The minimum absolute atomic E-state index is 0.00911. The Balaban J connectivity index is 1.69. The van der Waals surface area contributed by atoms with Crippen LogP contribution in [0.2, 0.25) is 5.02 Å². The number of piperidine rings is 1. The second-order valence-corrected chi connectivity index (χ2v) is 12.0. The summed E-state index contributed by atoms with van der Waals surface area (Å²) in [5.74, 6) is -0.455. The number of carbonyl (C=O) groups is 2. The molecule has 6 nitrogen and oxygen atoms in total. The molecule has 4 rings (SSSR count). The number of nitrogens with zero attached hydrogens (tertiary/aromatic N) is 2. The summed E-state index contributed by atoms with van der Waals surface area (Å²) in [4.78, 5) is 32.4. The van der Waals surface area contributed by atoms with Crippen molar-refractivity contribution in [2.24, 2.45) is 5.41 Å². The Morgan fingerprint density at radius 2 is 2.00 bits per heavy atom. The number of amides is 1. The summed E-state index contributed by atoms with van der Waals surface area (Å²) in [6.07, 6.45) is 2.60. The Kier molecular flexibility index (Phi) is 8.44. The largest absolute Gasteiger partial charge is 0.481 e. The van der Waals surface area contributed by atoms with Crippen molar-refractivity contribution in [2.75, 3.05) is 24.5 Å². The van der Waals surface area contributed by atoms with Gasteiger partial charge in [0.05, 0.1) is 11.1 Å². The van der Waals surface area contributed by atoms with E-state index in [1.165, 1.54) is 0 Å². The van der Waals surface area contributed by atoms with Crippen molar-refractivity contribution in [2.45, 2.75) is 52.4 Å². The van der Waals surface area contributed by atoms with E-state index < -0.39 is 5.97 Å². The van der Waals surface area contributed by atoms with Crippen LogP contribution in [0.4, 0.5) is 5.82 Å². The number of benzene rings is 2. The number of carboxylic acids is 1. The molecule has 0 radical (unpaired) electrons. The molecule has 1 fully saturated rings. The van der Waals surface area contributed by atoms with Crippen LogP contribution in [0, 0.1) is 12.3 Å². The van der Waals surface area contributed by atoms with Gasteiger partial charge in [0, 0.05) is 52.4 Å². The second-order valence-electron chi connectivity index (χ2n) is 10.6. The third kappa shape index (κ3) is 6.44. The summed E-state index contributed by atoms with van der Waals surface area (Å²) in [6, 6.07) is 13.2. The number of aliphatic carboxylic acids is 1. The lowest BCUT2D eigenvalue weighted by Crippen LogP contribution is -2.41. The third-order valence-electron chi connectivity index (χ3n) is 7.15. The molecule has 3 aromatic rings. The van der Waals surface area contributed by atoms with E-state index in [1.807, 2.05) is 43.3 Å². The number of carbonyl (C=O) groups excluding carboxylic acids is 1. The van der Waals surface area contributed by atoms with Crippen LogP contribution in [0.3, 0.4) is 0 Å². The first-order valence-corrected chi connectivity index (χ1v) is 13.8. The summed E-state index contributed by atoms with van der Waals surface area (Å²) in [6.45, 7) is 8.57. The smallest absolute Gasteiger partial charge is 0.303 e. The number of aromatic nitrogens is 1. The molecule has 0 unspecified atom stereocenters. The molecule has 1 saturated heterocycles. The van der Waals surface area contributed by atoms with Gasteiger partial charge in [0.2, 0.25) is 0 Å². The molecule has 1 atom stereocenters. The van der Waals surface area contributed by atoms with Gasteiger partial charge in [0.15, 0.2) is 0 Å². The van der Waals surface area contributed by atoms with E-state index in [1.54, 1.807) is 6.07 Å². The molecule has 1 amide bonds. The van der Waals surface area contributed by atoms with Gasteiger partial charge >= 0.3 is 5.97 Å². The summed E-state index contributed by atoms with van der Waals surface area (Å²) in [5.41, 5.74) is 3.23. The van der Waals surface area contributed by atoms with Gasteiger partial charge in [-0.25, -0.2) is 4.98 Å². The molecule has 2 heterocycles. The lowest BCUT2D eigenvalue weighted by Gasteiger charge is -2.39. The Bertz CT molecular complexity index is 1330. The highest BCUT2D eigenvalue weighted by Crippen LogP contribution is 2.36. The third-order valence-corrected chi connectivity index (χ3v) is 7.99. The molecule has 8 heteroatoms. The van der Waals surface area contributed by atoms with E-state index >= 15 is 0 Å². The van der Waals surface area contributed by atoms with Crippen molar-refractivity contribution in [3.8, 4) is 0 Å². The van der Waals surface area contributed by atoms with E-state index in [2.05, 4.69) is 40.0 Å². The first-order chi connectivity index (χ1) is 17.6. The maximum atomic E-state index is 13.8. The number of nitrogens with one attached hydrogen (secondary N) is 1. The highest BCUT2D eigenvalue weighted by Gasteiger charge is 2.30. The number of hydrogen-bond donors (Lipinski definition) is 2.